The summed E-state index contributed by atoms with van der Waals surface area (Å²) in [5.41, 5.74) is 0. The van der Waals surface area contributed by atoms with E-state index in [0.29, 0.717) is 10.9 Å². The monoisotopic (exact) mass is 325 g/mol. The summed E-state index contributed by atoms with van der Waals surface area (Å²) in [6.45, 7) is 2.93. The molecule has 5 heteroatoms. The maximum atomic E-state index is 5.92. The minimum Gasteiger partial charge on any atom is -0.493 e. The molecule has 1 aliphatic heterocycles. The van der Waals surface area contributed by atoms with Crippen LogP contribution in [0.1, 0.15) is 6.42 Å². The molecule has 1 atom stereocenters. The number of benzene rings is 1. The van der Waals surface area contributed by atoms with Crippen molar-refractivity contribution in [3.63, 3.8) is 0 Å². The quantitative estimate of drug-likeness (QED) is 0.917. The van der Waals surface area contributed by atoms with Crippen LogP contribution in [0.4, 0.5) is 0 Å². The fraction of sp³-hybridized carbons (Fsp3) is 0.455. The Morgan fingerprint density at radius 3 is 2.88 bits per heavy atom. The van der Waals surface area contributed by atoms with Gasteiger partial charge in [0.1, 0.15) is 5.75 Å². The van der Waals surface area contributed by atoms with Crippen molar-refractivity contribution in [1.29, 1.82) is 0 Å². The predicted octanol–water partition coefficient (Wildman–Crippen LogP) is 3.51. The number of rotatable bonds is 3. The molecule has 1 fully saturated rings. The summed E-state index contributed by atoms with van der Waals surface area (Å²) in [6, 6.07) is 5.63. The highest BCUT2D eigenvalue weighted by molar-refractivity contribution is 9.10. The summed E-state index contributed by atoms with van der Waals surface area (Å²) in [5.74, 6) is 1.46. The minimum atomic E-state index is 0. The van der Waals surface area contributed by atoms with Crippen LogP contribution in [0.25, 0.3) is 0 Å². The van der Waals surface area contributed by atoms with Gasteiger partial charge in [-0.1, -0.05) is 27.5 Å². The van der Waals surface area contributed by atoms with Gasteiger partial charge in [-0.2, -0.15) is 0 Å². The molecule has 1 aromatic carbocycles. The zero-order chi connectivity index (χ0) is 10.7. The fourth-order valence-corrected chi connectivity index (χ4v) is 2.51. The SMILES string of the molecule is Cl.Clc1cc(Br)cc(OC[C@@H]2CCNC2)c1. The highest BCUT2D eigenvalue weighted by Gasteiger charge is 2.14. The summed E-state index contributed by atoms with van der Waals surface area (Å²) >= 11 is 9.31. The first-order chi connectivity index (χ1) is 7.24. The van der Waals surface area contributed by atoms with Gasteiger partial charge in [-0.3, -0.25) is 0 Å². The molecule has 0 saturated carbocycles. The Labute approximate surface area is 115 Å². The Morgan fingerprint density at radius 2 is 2.25 bits per heavy atom. The van der Waals surface area contributed by atoms with E-state index in [-0.39, 0.29) is 12.4 Å². The normalized spacial score (nSPS) is 19.2. The molecule has 16 heavy (non-hydrogen) atoms. The summed E-state index contributed by atoms with van der Waals surface area (Å²) in [6.07, 6.45) is 1.20. The number of hydrogen-bond donors (Lipinski definition) is 1. The lowest BCUT2D eigenvalue weighted by molar-refractivity contribution is 0.260. The molecule has 0 unspecified atom stereocenters. The lowest BCUT2D eigenvalue weighted by Gasteiger charge is -2.11. The number of ether oxygens (including phenoxy) is 1. The second-order valence-corrected chi connectivity index (χ2v) is 5.13. The molecule has 1 aliphatic rings. The lowest BCUT2D eigenvalue weighted by atomic mass is 10.1. The first kappa shape index (κ1) is 14.1. The largest absolute Gasteiger partial charge is 0.493 e. The second-order valence-electron chi connectivity index (χ2n) is 3.77. The highest BCUT2D eigenvalue weighted by atomic mass is 79.9. The van der Waals surface area contributed by atoms with E-state index in [2.05, 4.69) is 21.2 Å². The van der Waals surface area contributed by atoms with E-state index in [4.69, 9.17) is 16.3 Å². The molecule has 1 saturated heterocycles. The van der Waals surface area contributed by atoms with Gasteiger partial charge < -0.3 is 10.1 Å². The van der Waals surface area contributed by atoms with E-state index in [9.17, 15) is 0 Å². The van der Waals surface area contributed by atoms with Crippen LogP contribution in [0.5, 0.6) is 5.75 Å². The molecule has 0 bridgehead atoms. The van der Waals surface area contributed by atoms with Gasteiger partial charge in [0.2, 0.25) is 0 Å². The Morgan fingerprint density at radius 1 is 1.44 bits per heavy atom. The van der Waals surface area contributed by atoms with E-state index in [1.54, 1.807) is 0 Å². The molecule has 0 radical (unpaired) electrons. The molecule has 1 N–H and O–H groups in total. The van der Waals surface area contributed by atoms with E-state index in [0.717, 1.165) is 29.9 Å². The van der Waals surface area contributed by atoms with Crippen molar-refractivity contribution in [2.24, 2.45) is 5.92 Å². The minimum absolute atomic E-state index is 0. The Kier molecular flexibility index (Phi) is 5.90. The van der Waals surface area contributed by atoms with Crippen molar-refractivity contribution in [2.45, 2.75) is 6.42 Å². The first-order valence-corrected chi connectivity index (χ1v) is 6.21. The summed E-state index contributed by atoms with van der Waals surface area (Å²) in [4.78, 5) is 0. The molecule has 90 valence electrons. The molecule has 1 heterocycles. The summed E-state index contributed by atoms with van der Waals surface area (Å²) < 4.78 is 6.65. The van der Waals surface area contributed by atoms with Crippen molar-refractivity contribution in [3.05, 3.63) is 27.7 Å². The topological polar surface area (TPSA) is 21.3 Å². The third kappa shape index (κ3) is 4.13. The van der Waals surface area contributed by atoms with Crippen molar-refractivity contribution >= 4 is 39.9 Å². The maximum Gasteiger partial charge on any atom is 0.121 e. The third-order valence-electron chi connectivity index (χ3n) is 2.48. The Balaban J connectivity index is 0.00000128. The van der Waals surface area contributed by atoms with Gasteiger partial charge in [-0.05, 0) is 31.2 Å². The van der Waals surface area contributed by atoms with Crippen LogP contribution < -0.4 is 10.1 Å². The van der Waals surface area contributed by atoms with Crippen LogP contribution in [0, 0.1) is 5.92 Å². The second kappa shape index (κ2) is 6.70. The molecule has 1 aromatic rings. The van der Waals surface area contributed by atoms with Crippen LogP contribution in [-0.2, 0) is 0 Å². The Hall–Kier alpha value is 0.0400. The standard InChI is InChI=1S/C11H13BrClNO.ClH/c12-9-3-10(13)5-11(4-9)15-7-8-1-2-14-6-8;/h3-5,8,14H,1-2,6-7H2;1H/t8-;/m1./s1. The van der Waals surface area contributed by atoms with Gasteiger partial charge in [0, 0.05) is 22.0 Å². The van der Waals surface area contributed by atoms with E-state index in [1.165, 1.54) is 6.42 Å². The molecule has 2 rings (SSSR count). The number of nitrogens with one attached hydrogen (secondary N) is 1. The fourth-order valence-electron chi connectivity index (χ4n) is 1.68. The molecular weight excluding hydrogens is 313 g/mol. The van der Waals surface area contributed by atoms with Crippen molar-refractivity contribution in [3.8, 4) is 5.75 Å². The van der Waals surface area contributed by atoms with Gasteiger partial charge in [-0.15, -0.1) is 12.4 Å². The molecule has 2 nitrogen and oxygen atoms in total. The van der Waals surface area contributed by atoms with Crippen LogP contribution >= 0.6 is 39.9 Å². The van der Waals surface area contributed by atoms with Crippen LogP contribution in [0.15, 0.2) is 22.7 Å². The molecule has 0 aromatic heterocycles. The number of halogens is 3. The summed E-state index contributed by atoms with van der Waals surface area (Å²) in [5, 5.41) is 4.01. The van der Waals surface area contributed by atoms with Crippen LogP contribution in [0.2, 0.25) is 5.02 Å². The first-order valence-electron chi connectivity index (χ1n) is 5.03. The van der Waals surface area contributed by atoms with Crippen molar-refractivity contribution < 1.29 is 4.74 Å². The third-order valence-corrected chi connectivity index (χ3v) is 3.16. The van der Waals surface area contributed by atoms with E-state index >= 15 is 0 Å². The van der Waals surface area contributed by atoms with E-state index < -0.39 is 0 Å². The average molecular weight is 327 g/mol. The predicted molar refractivity (Wildman–Crippen MR) is 72.9 cm³/mol. The Bertz CT molecular complexity index is 323. The van der Waals surface area contributed by atoms with Gasteiger partial charge in [0.25, 0.3) is 0 Å². The maximum absolute atomic E-state index is 5.92. The molecular formula is C11H14BrCl2NO. The lowest BCUT2D eigenvalue weighted by Crippen LogP contribution is -2.15. The zero-order valence-electron chi connectivity index (χ0n) is 8.71. The average Bonchev–Trinajstić information content (AvgIpc) is 2.65. The zero-order valence-corrected chi connectivity index (χ0v) is 11.9. The highest BCUT2D eigenvalue weighted by Crippen LogP contribution is 2.25. The number of hydrogen-bond acceptors (Lipinski definition) is 2. The molecule has 0 amide bonds. The van der Waals surface area contributed by atoms with Gasteiger partial charge >= 0.3 is 0 Å². The smallest absolute Gasteiger partial charge is 0.121 e. The van der Waals surface area contributed by atoms with Crippen LogP contribution in [0.3, 0.4) is 0 Å². The van der Waals surface area contributed by atoms with Gasteiger partial charge in [-0.25, -0.2) is 0 Å². The van der Waals surface area contributed by atoms with Gasteiger partial charge in [0.05, 0.1) is 6.61 Å². The van der Waals surface area contributed by atoms with E-state index in [1.807, 2.05) is 18.2 Å². The van der Waals surface area contributed by atoms with Crippen LogP contribution in [-0.4, -0.2) is 19.7 Å². The van der Waals surface area contributed by atoms with Gasteiger partial charge in [0.15, 0.2) is 0 Å². The van der Waals surface area contributed by atoms with Crippen molar-refractivity contribution in [2.75, 3.05) is 19.7 Å². The summed E-state index contributed by atoms with van der Waals surface area (Å²) in [7, 11) is 0. The molecule has 0 spiro atoms. The van der Waals surface area contributed by atoms with Crippen molar-refractivity contribution in [1.82, 2.24) is 5.32 Å². The molecule has 0 aliphatic carbocycles.